The molecule has 0 saturated carbocycles. The van der Waals surface area contributed by atoms with Gasteiger partial charge in [0.25, 0.3) is 0 Å². The molecule has 0 unspecified atom stereocenters. The molecule has 0 saturated heterocycles. The van der Waals surface area contributed by atoms with Crippen molar-refractivity contribution in [1.82, 2.24) is 5.32 Å². The number of hydrogen-bond acceptors (Lipinski definition) is 2. The zero-order valence-corrected chi connectivity index (χ0v) is 14.2. The van der Waals surface area contributed by atoms with E-state index >= 15 is 0 Å². The van der Waals surface area contributed by atoms with Crippen molar-refractivity contribution in [2.24, 2.45) is 0 Å². The second-order valence-corrected chi connectivity index (χ2v) is 6.02. The van der Waals surface area contributed by atoms with E-state index in [1.807, 2.05) is 42.5 Å². The summed E-state index contributed by atoms with van der Waals surface area (Å²) in [5, 5.41) is 4.18. The van der Waals surface area contributed by atoms with Crippen molar-refractivity contribution in [2.75, 3.05) is 0 Å². The van der Waals surface area contributed by atoms with E-state index in [4.69, 9.17) is 16.3 Å². The molecule has 3 rings (SSSR count). The summed E-state index contributed by atoms with van der Waals surface area (Å²) >= 11 is 6.14. The molecule has 0 amide bonds. The number of benzene rings is 3. The average molecular weight is 338 g/mol. The highest BCUT2D eigenvalue weighted by atomic mass is 35.5. The molecule has 3 aromatic rings. The normalized spacial score (nSPS) is 10.5. The first-order valence-corrected chi connectivity index (χ1v) is 8.39. The molecule has 0 heterocycles. The van der Waals surface area contributed by atoms with Crippen molar-refractivity contribution >= 4 is 11.6 Å². The molecule has 1 N–H and O–H groups in total. The average Bonchev–Trinajstić information content (AvgIpc) is 2.63. The van der Waals surface area contributed by atoms with E-state index in [1.54, 1.807) is 0 Å². The minimum atomic E-state index is 0.477. The molecule has 2 nitrogen and oxygen atoms in total. The molecule has 0 spiro atoms. The lowest BCUT2D eigenvalue weighted by Gasteiger charge is -2.09. The van der Waals surface area contributed by atoms with Crippen LogP contribution in [-0.2, 0) is 19.7 Å². The third kappa shape index (κ3) is 4.85. The first kappa shape index (κ1) is 16.6. The highest BCUT2D eigenvalue weighted by Gasteiger charge is 2.01. The predicted molar refractivity (Wildman–Crippen MR) is 99.2 cm³/mol. The van der Waals surface area contributed by atoms with E-state index in [9.17, 15) is 0 Å². The maximum Gasteiger partial charge on any atom is 0.119 e. The predicted octanol–water partition coefficient (Wildman–Crippen LogP) is 5.21. The summed E-state index contributed by atoms with van der Waals surface area (Å²) in [4.78, 5) is 0. The highest BCUT2D eigenvalue weighted by molar-refractivity contribution is 6.31. The molecule has 0 radical (unpaired) electrons. The van der Waals surface area contributed by atoms with Gasteiger partial charge in [0.1, 0.15) is 12.4 Å². The second kappa shape index (κ2) is 8.53. The lowest BCUT2D eigenvalue weighted by Crippen LogP contribution is -2.12. The van der Waals surface area contributed by atoms with Crippen LogP contribution in [-0.4, -0.2) is 0 Å². The molecule has 24 heavy (non-hydrogen) atoms. The fourth-order valence-corrected chi connectivity index (χ4v) is 2.62. The van der Waals surface area contributed by atoms with Crippen LogP contribution in [0.15, 0.2) is 78.9 Å². The van der Waals surface area contributed by atoms with Crippen molar-refractivity contribution in [3.63, 3.8) is 0 Å². The molecule has 0 aliphatic carbocycles. The molecule has 0 bridgehead atoms. The lowest BCUT2D eigenvalue weighted by molar-refractivity contribution is 0.306. The van der Waals surface area contributed by atoms with Gasteiger partial charge in [0.15, 0.2) is 0 Å². The molecular weight excluding hydrogens is 318 g/mol. The Kier molecular flexibility index (Phi) is 5.89. The van der Waals surface area contributed by atoms with Crippen molar-refractivity contribution < 1.29 is 4.74 Å². The van der Waals surface area contributed by atoms with Gasteiger partial charge in [-0.25, -0.2) is 0 Å². The fourth-order valence-electron chi connectivity index (χ4n) is 2.43. The van der Waals surface area contributed by atoms with Gasteiger partial charge in [-0.3, -0.25) is 0 Å². The van der Waals surface area contributed by atoms with Gasteiger partial charge in [0.2, 0.25) is 0 Å². The van der Waals surface area contributed by atoms with Crippen LogP contribution in [0.4, 0.5) is 0 Å². The quantitative estimate of drug-likeness (QED) is 0.639. The summed E-state index contributed by atoms with van der Waals surface area (Å²) in [5.74, 6) is 0.849. The zero-order valence-electron chi connectivity index (χ0n) is 13.4. The van der Waals surface area contributed by atoms with E-state index in [2.05, 4.69) is 41.7 Å². The largest absolute Gasteiger partial charge is 0.489 e. The Morgan fingerprint density at radius 3 is 2.04 bits per heavy atom. The van der Waals surface area contributed by atoms with Crippen LogP contribution in [0, 0.1) is 0 Å². The van der Waals surface area contributed by atoms with Crippen LogP contribution >= 0.6 is 11.6 Å². The van der Waals surface area contributed by atoms with Gasteiger partial charge >= 0.3 is 0 Å². The Morgan fingerprint density at radius 2 is 1.33 bits per heavy atom. The standard InChI is InChI=1S/C21H20ClNO/c22-21-9-5-4-8-19(21)16-24-20-12-10-18(11-13-20)15-23-14-17-6-2-1-3-7-17/h1-13,23H,14-16H2. The summed E-state index contributed by atoms with van der Waals surface area (Å²) in [6, 6.07) is 26.3. The summed E-state index contributed by atoms with van der Waals surface area (Å²) in [7, 11) is 0. The Hall–Kier alpha value is -2.29. The van der Waals surface area contributed by atoms with Gasteiger partial charge in [0, 0.05) is 23.7 Å². The van der Waals surface area contributed by atoms with Crippen molar-refractivity contribution in [3.8, 4) is 5.75 Å². The number of ether oxygens (including phenoxy) is 1. The van der Waals surface area contributed by atoms with E-state index in [0.29, 0.717) is 6.61 Å². The second-order valence-electron chi connectivity index (χ2n) is 5.61. The molecule has 0 aliphatic rings. The number of rotatable bonds is 7. The first-order chi connectivity index (χ1) is 11.8. The van der Waals surface area contributed by atoms with Crippen molar-refractivity contribution in [3.05, 3.63) is 101 Å². The van der Waals surface area contributed by atoms with Gasteiger partial charge in [0.05, 0.1) is 0 Å². The Balaban J connectivity index is 1.47. The summed E-state index contributed by atoms with van der Waals surface area (Å²) in [5.41, 5.74) is 3.51. The summed E-state index contributed by atoms with van der Waals surface area (Å²) in [6.45, 7) is 2.18. The van der Waals surface area contributed by atoms with Crippen molar-refractivity contribution in [1.29, 1.82) is 0 Å². The molecule has 0 atom stereocenters. The van der Waals surface area contributed by atoms with Gasteiger partial charge in [-0.1, -0.05) is 72.3 Å². The summed E-state index contributed by atoms with van der Waals surface area (Å²) in [6.07, 6.45) is 0. The highest BCUT2D eigenvalue weighted by Crippen LogP contribution is 2.19. The monoisotopic (exact) mass is 337 g/mol. The Morgan fingerprint density at radius 1 is 0.708 bits per heavy atom. The molecule has 0 fully saturated rings. The third-order valence-electron chi connectivity index (χ3n) is 3.78. The van der Waals surface area contributed by atoms with Crippen LogP contribution in [0.1, 0.15) is 16.7 Å². The molecule has 3 heteroatoms. The maximum absolute atomic E-state index is 6.14. The Bertz CT molecular complexity index is 756. The van der Waals surface area contributed by atoms with Crippen molar-refractivity contribution in [2.45, 2.75) is 19.7 Å². The molecule has 122 valence electrons. The Labute approximate surface area is 148 Å². The van der Waals surface area contributed by atoms with Crippen LogP contribution in [0.5, 0.6) is 5.75 Å². The maximum atomic E-state index is 6.14. The van der Waals surface area contributed by atoms with Gasteiger partial charge in [-0.05, 0) is 29.3 Å². The first-order valence-electron chi connectivity index (χ1n) is 8.01. The summed E-state index contributed by atoms with van der Waals surface area (Å²) < 4.78 is 5.80. The smallest absolute Gasteiger partial charge is 0.119 e. The van der Waals surface area contributed by atoms with E-state index in [0.717, 1.165) is 29.4 Å². The molecular formula is C21H20ClNO. The van der Waals surface area contributed by atoms with E-state index in [1.165, 1.54) is 11.1 Å². The third-order valence-corrected chi connectivity index (χ3v) is 4.15. The van der Waals surface area contributed by atoms with Crippen LogP contribution in [0.3, 0.4) is 0 Å². The molecule has 3 aromatic carbocycles. The topological polar surface area (TPSA) is 21.3 Å². The van der Waals surface area contributed by atoms with Crippen LogP contribution in [0.25, 0.3) is 0 Å². The number of nitrogens with one attached hydrogen (secondary N) is 1. The molecule has 0 aliphatic heterocycles. The number of halogens is 1. The minimum absolute atomic E-state index is 0.477. The lowest BCUT2D eigenvalue weighted by atomic mass is 10.2. The van der Waals surface area contributed by atoms with E-state index in [-0.39, 0.29) is 0 Å². The molecule has 0 aromatic heterocycles. The number of hydrogen-bond donors (Lipinski definition) is 1. The van der Waals surface area contributed by atoms with Gasteiger partial charge < -0.3 is 10.1 Å². The fraction of sp³-hybridized carbons (Fsp3) is 0.143. The van der Waals surface area contributed by atoms with E-state index < -0.39 is 0 Å². The van der Waals surface area contributed by atoms with Gasteiger partial charge in [-0.2, -0.15) is 0 Å². The minimum Gasteiger partial charge on any atom is -0.489 e. The SMILES string of the molecule is Clc1ccccc1COc1ccc(CNCc2ccccc2)cc1. The zero-order chi connectivity index (χ0) is 16.6. The van der Waals surface area contributed by atoms with Crippen LogP contribution in [0.2, 0.25) is 5.02 Å². The van der Waals surface area contributed by atoms with Crippen LogP contribution < -0.4 is 10.1 Å². The van der Waals surface area contributed by atoms with Gasteiger partial charge in [-0.15, -0.1) is 0 Å².